The molecule has 2 aliphatic rings. The number of allylic oxidation sites excluding steroid dienone is 2. The van der Waals surface area contributed by atoms with Gasteiger partial charge in [0.1, 0.15) is 5.78 Å². The van der Waals surface area contributed by atoms with Crippen LogP contribution in [0, 0.1) is 28.6 Å². The first kappa shape index (κ1) is 18.4. The Morgan fingerprint density at radius 2 is 1.88 bits per heavy atom. The summed E-state index contributed by atoms with van der Waals surface area (Å²) in [6.07, 6.45) is 7.30. The van der Waals surface area contributed by atoms with E-state index in [-0.39, 0.29) is 10.8 Å². The minimum atomic E-state index is -0.213. The Labute approximate surface area is 152 Å². The lowest BCUT2D eigenvalue weighted by atomic mass is 9.46. The molecule has 1 saturated carbocycles. The summed E-state index contributed by atoms with van der Waals surface area (Å²) in [6.45, 7) is 10.5. The molecule has 2 aliphatic carbocycles. The van der Waals surface area contributed by atoms with E-state index in [4.69, 9.17) is 4.74 Å². The van der Waals surface area contributed by atoms with E-state index in [9.17, 15) is 4.79 Å². The minimum Gasteiger partial charge on any atom is -0.377 e. The summed E-state index contributed by atoms with van der Waals surface area (Å²) in [6, 6.07) is 10.3. The maximum atomic E-state index is 12.9. The van der Waals surface area contributed by atoms with Crippen LogP contribution in [0.25, 0.3) is 0 Å². The standard InChI is InChI=1S/C23H32O2/c1-17-9-8-12-20-22(3,18(2)15-21(24)23(17,20)4)13-14-25-16-19-10-6-5-7-11-19/h5-11,17-18,20H,12-16H2,1-4H3/t17-,18+,20-,22+,23-/m0/s1. The molecular formula is C23H32O2. The van der Waals surface area contributed by atoms with Crippen LogP contribution in [0.5, 0.6) is 0 Å². The second-order valence-corrected chi connectivity index (χ2v) is 8.61. The zero-order valence-electron chi connectivity index (χ0n) is 16.1. The lowest BCUT2D eigenvalue weighted by Gasteiger charge is -2.57. The number of fused-ring (bicyclic) bond motifs is 1. The fraction of sp³-hybridized carbons (Fsp3) is 0.609. The van der Waals surface area contributed by atoms with Crippen LogP contribution in [-0.2, 0) is 16.1 Å². The van der Waals surface area contributed by atoms with Crippen molar-refractivity contribution in [3.05, 3.63) is 48.0 Å². The molecule has 0 N–H and O–H groups in total. The van der Waals surface area contributed by atoms with E-state index < -0.39 is 0 Å². The fourth-order valence-corrected chi connectivity index (χ4v) is 5.13. The molecular weight excluding hydrogens is 308 g/mol. The Bertz CT molecular complexity index is 635. The van der Waals surface area contributed by atoms with Gasteiger partial charge in [0, 0.05) is 18.4 Å². The molecule has 0 bridgehead atoms. The third kappa shape index (κ3) is 3.21. The topological polar surface area (TPSA) is 26.3 Å². The molecule has 3 rings (SSSR count). The van der Waals surface area contributed by atoms with Crippen LogP contribution in [0.15, 0.2) is 42.5 Å². The second-order valence-electron chi connectivity index (χ2n) is 8.61. The predicted molar refractivity (Wildman–Crippen MR) is 102 cm³/mol. The Hall–Kier alpha value is -1.41. The molecule has 0 heterocycles. The van der Waals surface area contributed by atoms with Gasteiger partial charge in [-0.2, -0.15) is 0 Å². The van der Waals surface area contributed by atoms with Gasteiger partial charge in [0.2, 0.25) is 0 Å². The average Bonchev–Trinajstić information content (AvgIpc) is 2.60. The minimum absolute atomic E-state index is 0.151. The van der Waals surface area contributed by atoms with Crippen molar-refractivity contribution in [1.29, 1.82) is 0 Å². The number of ketones is 1. The Balaban J connectivity index is 1.70. The van der Waals surface area contributed by atoms with Crippen molar-refractivity contribution in [3.63, 3.8) is 0 Å². The van der Waals surface area contributed by atoms with Crippen LogP contribution in [-0.4, -0.2) is 12.4 Å². The molecule has 0 saturated heterocycles. The van der Waals surface area contributed by atoms with E-state index in [1.54, 1.807) is 0 Å². The maximum absolute atomic E-state index is 12.9. The van der Waals surface area contributed by atoms with Gasteiger partial charge in [0.15, 0.2) is 0 Å². The van der Waals surface area contributed by atoms with Crippen molar-refractivity contribution in [2.75, 3.05) is 6.61 Å². The van der Waals surface area contributed by atoms with Crippen LogP contribution in [0.2, 0.25) is 0 Å². The lowest BCUT2D eigenvalue weighted by molar-refractivity contribution is -0.154. The van der Waals surface area contributed by atoms with Gasteiger partial charge in [0.25, 0.3) is 0 Å². The first-order valence-electron chi connectivity index (χ1n) is 9.70. The normalized spacial score (nSPS) is 37.8. The Kier molecular flexibility index (Phi) is 5.20. The number of hydrogen-bond donors (Lipinski definition) is 0. The molecule has 0 aromatic heterocycles. The quantitative estimate of drug-likeness (QED) is 0.528. The largest absolute Gasteiger partial charge is 0.377 e. The molecule has 0 amide bonds. The molecule has 0 radical (unpaired) electrons. The van der Waals surface area contributed by atoms with Crippen molar-refractivity contribution < 1.29 is 9.53 Å². The second kappa shape index (κ2) is 7.07. The third-order valence-electron chi connectivity index (χ3n) is 7.38. The molecule has 1 aromatic rings. The number of rotatable bonds is 5. The summed E-state index contributed by atoms with van der Waals surface area (Å²) in [5.41, 5.74) is 1.16. The summed E-state index contributed by atoms with van der Waals surface area (Å²) >= 11 is 0. The molecule has 2 nitrogen and oxygen atoms in total. The van der Waals surface area contributed by atoms with Gasteiger partial charge in [-0.15, -0.1) is 0 Å². The molecule has 1 aromatic carbocycles. The monoisotopic (exact) mass is 340 g/mol. The maximum Gasteiger partial charge on any atom is 0.139 e. The van der Waals surface area contributed by atoms with Crippen LogP contribution < -0.4 is 0 Å². The molecule has 136 valence electrons. The number of carbonyl (C=O) groups is 1. The van der Waals surface area contributed by atoms with E-state index in [1.165, 1.54) is 5.56 Å². The molecule has 0 spiro atoms. The van der Waals surface area contributed by atoms with Crippen molar-refractivity contribution in [2.45, 2.75) is 53.6 Å². The van der Waals surface area contributed by atoms with Crippen LogP contribution in [0.4, 0.5) is 0 Å². The number of benzene rings is 1. The van der Waals surface area contributed by atoms with Crippen molar-refractivity contribution in [3.8, 4) is 0 Å². The van der Waals surface area contributed by atoms with Crippen LogP contribution in [0.1, 0.15) is 52.5 Å². The van der Waals surface area contributed by atoms with Crippen molar-refractivity contribution >= 4 is 5.78 Å². The first-order chi connectivity index (χ1) is 11.9. The number of Topliss-reactive ketones (excluding diaryl/α,β-unsaturated/α-hetero) is 1. The van der Waals surface area contributed by atoms with Crippen LogP contribution >= 0.6 is 0 Å². The predicted octanol–water partition coefficient (Wildman–Crippen LogP) is 5.43. The van der Waals surface area contributed by atoms with Crippen molar-refractivity contribution in [2.24, 2.45) is 28.6 Å². The van der Waals surface area contributed by atoms with Gasteiger partial charge >= 0.3 is 0 Å². The number of carbonyl (C=O) groups excluding carboxylic acids is 1. The zero-order chi connectivity index (χ0) is 18.1. The van der Waals surface area contributed by atoms with Gasteiger partial charge in [-0.3, -0.25) is 4.79 Å². The fourth-order valence-electron chi connectivity index (χ4n) is 5.13. The zero-order valence-corrected chi connectivity index (χ0v) is 16.1. The third-order valence-corrected chi connectivity index (χ3v) is 7.38. The summed E-state index contributed by atoms with van der Waals surface area (Å²) in [5.74, 6) is 1.62. The first-order valence-corrected chi connectivity index (χ1v) is 9.70. The van der Waals surface area contributed by atoms with Gasteiger partial charge in [-0.1, -0.05) is 70.2 Å². The SMILES string of the molecule is C[C@@H]1CC(=O)[C@@]2(C)[C@@H](C)C=CC[C@H]2[C@]1(C)CCOCc1ccccc1. The van der Waals surface area contributed by atoms with E-state index in [0.29, 0.717) is 36.6 Å². The van der Waals surface area contributed by atoms with E-state index in [2.05, 4.69) is 64.1 Å². The molecule has 2 heteroatoms. The van der Waals surface area contributed by atoms with Gasteiger partial charge in [-0.05, 0) is 41.6 Å². The molecule has 25 heavy (non-hydrogen) atoms. The van der Waals surface area contributed by atoms with Crippen molar-refractivity contribution in [1.82, 2.24) is 0 Å². The van der Waals surface area contributed by atoms with Crippen LogP contribution in [0.3, 0.4) is 0 Å². The molecule has 0 unspecified atom stereocenters. The highest BCUT2D eigenvalue weighted by atomic mass is 16.5. The lowest BCUT2D eigenvalue weighted by Crippen LogP contribution is -2.56. The highest BCUT2D eigenvalue weighted by Crippen LogP contribution is 2.59. The van der Waals surface area contributed by atoms with E-state index in [1.807, 2.05) is 6.07 Å². The highest BCUT2D eigenvalue weighted by molar-refractivity contribution is 5.87. The smallest absolute Gasteiger partial charge is 0.139 e. The summed E-state index contributed by atoms with van der Waals surface area (Å²) in [4.78, 5) is 12.9. The highest BCUT2D eigenvalue weighted by Gasteiger charge is 2.58. The van der Waals surface area contributed by atoms with E-state index >= 15 is 0 Å². The van der Waals surface area contributed by atoms with Gasteiger partial charge < -0.3 is 4.74 Å². The molecule has 0 aliphatic heterocycles. The molecule has 5 atom stereocenters. The summed E-state index contributed by atoms with van der Waals surface area (Å²) < 4.78 is 6.00. The summed E-state index contributed by atoms with van der Waals surface area (Å²) in [5, 5.41) is 0. The van der Waals surface area contributed by atoms with Gasteiger partial charge in [0.05, 0.1) is 6.61 Å². The number of ether oxygens (including phenoxy) is 1. The summed E-state index contributed by atoms with van der Waals surface area (Å²) in [7, 11) is 0. The average molecular weight is 341 g/mol. The number of hydrogen-bond acceptors (Lipinski definition) is 2. The Morgan fingerprint density at radius 1 is 1.16 bits per heavy atom. The molecule has 1 fully saturated rings. The Morgan fingerprint density at radius 3 is 2.60 bits per heavy atom. The van der Waals surface area contributed by atoms with Gasteiger partial charge in [-0.25, -0.2) is 0 Å². The van der Waals surface area contributed by atoms with E-state index in [0.717, 1.165) is 19.4 Å².